The number of ether oxygens (including phenoxy) is 1. The Bertz CT molecular complexity index is 307. The first-order chi connectivity index (χ1) is 8.28. The fourth-order valence-corrected chi connectivity index (χ4v) is 2.56. The lowest BCUT2D eigenvalue weighted by molar-refractivity contribution is 0.0191. The van der Waals surface area contributed by atoms with Gasteiger partial charge in [0.25, 0.3) is 0 Å². The number of hydrogen-bond donors (Lipinski definition) is 2. The Morgan fingerprint density at radius 2 is 2.00 bits per heavy atom. The standard InChI is InChI=1S/C12H23N3O2S/c1-12(2,3)17-11(16)15-6-4-9(5-7-15)8-18-10(13)14/h9H,4-8H2,1-3H3,(H3,13,14). The molecule has 104 valence electrons. The summed E-state index contributed by atoms with van der Waals surface area (Å²) in [5.41, 5.74) is 4.88. The van der Waals surface area contributed by atoms with E-state index in [1.54, 1.807) is 4.90 Å². The molecular formula is C12H23N3O2S. The van der Waals surface area contributed by atoms with Crippen LogP contribution >= 0.6 is 11.8 Å². The zero-order valence-corrected chi connectivity index (χ0v) is 12.2. The first kappa shape index (κ1) is 15.1. The van der Waals surface area contributed by atoms with Crippen LogP contribution in [0.2, 0.25) is 0 Å². The number of hydrogen-bond acceptors (Lipinski definition) is 4. The van der Waals surface area contributed by atoms with E-state index in [2.05, 4.69) is 0 Å². The molecule has 1 aliphatic heterocycles. The lowest BCUT2D eigenvalue weighted by atomic mass is 9.99. The van der Waals surface area contributed by atoms with Crippen LogP contribution in [0.25, 0.3) is 0 Å². The van der Waals surface area contributed by atoms with Crippen LogP contribution in [-0.4, -0.2) is 40.6 Å². The SMILES string of the molecule is CC(C)(C)OC(=O)N1CCC(CSC(=N)N)CC1. The Morgan fingerprint density at radius 1 is 1.44 bits per heavy atom. The Hall–Kier alpha value is -0.910. The molecule has 6 heteroatoms. The predicted octanol–water partition coefficient (Wildman–Crippen LogP) is 2.26. The fourth-order valence-electron chi connectivity index (χ4n) is 1.82. The van der Waals surface area contributed by atoms with Gasteiger partial charge in [-0.25, -0.2) is 4.79 Å². The van der Waals surface area contributed by atoms with Crippen LogP contribution in [0.1, 0.15) is 33.6 Å². The molecule has 0 aromatic rings. The summed E-state index contributed by atoms with van der Waals surface area (Å²) >= 11 is 1.38. The molecule has 1 rings (SSSR count). The van der Waals surface area contributed by atoms with Gasteiger partial charge in [-0.1, -0.05) is 11.8 Å². The van der Waals surface area contributed by atoms with E-state index >= 15 is 0 Å². The third kappa shape index (κ3) is 5.62. The molecular weight excluding hydrogens is 250 g/mol. The molecule has 0 unspecified atom stereocenters. The number of likely N-dealkylation sites (tertiary alicyclic amines) is 1. The van der Waals surface area contributed by atoms with Gasteiger partial charge < -0.3 is 15.4 Å². The Kier molecular flexibility index (Phi) is 5.31. The van der Waals surface area contributed by atoms with Crippen molar-refractivity contribution < 1.29 is 9.53 Å². The second-order valence-corrected chi connectivity index (χ2v) is 6.65. The lowest BCUT2D eigenvalue weighted by Gasteiger charge is -2.33. The quantitative estimate of drug-likeness (QED) is 0.597. The summed E-state index contributed by atoms with van der Waals surface area (Å²) in [6.45, 7) is 7.10. The van der Waals surface area contributed by atoms with Gasteiger partial charge in [0.15, 0.2) is 5.17 Å². The second kappa shape index (κ2) is 6.31. The van der Waals surface area contributed by atoms with Gasteiger partial charge in [0.2, 0.25) is 0 Å². The molecule has 5 nitrogen and oxygen atoms in total. The summed E-state index contributed by atoms with van der Waals surface area (Å²) < 4.78 is 5.34. The molecule has 0 aromatic carbocycles. The number of amides is 1. The van der Waals surface area contributed by atoms with Gasteiger partial charge in [-0.3, -0.25) is 5.41 Å². The maximum atomic E-state index is 11.8. The van der Waals surface area contributed by atoms with Crippen molar-refractivity contribution in [2.45, 2.75) is 39.2 Å². The highest BCUT2D eigenvalue weighted by Crippen LogP contribution is 2.22. The summed E-state index contributed by atoms with van der Waals surface area (Å²) in [7, 11) is 0. The van der Waals surface area contributed by atoms with Crippen LogP contribution in [0, 0.1) is 11.3 Å². The van der Waals surface area contributed by atoms with Crippen molar-refractivity contribution in [3.63, 3.8) is 0 Å². The molecule has 1 amide bonds. The van der Waals surface area contributed by atoms with Crippen molar-refractivity contribution in [2.24, 2.45) is 11.7 Å². The van der Waals surface area contributed by atoms with Crippen LogP contribution in [0.3, 0.4) is 0 Å². The van der Waals surface area contributed by atoms with Crippen LogP contribution in [0.5, 0.6) is 0 Å². The van der Waals surface area contributed by atoms with E-state index in [-0.39, 0.29) is 11.3 Å². The van der Waals surface area contributed by atoms with Crippen molar-refractivity contribution in [1.82, 2.24) is 4.90 Å². The number of nitrogens with two attached hydrogens (primary N) is 1. The van der Waals surface area contributed by atoms with Crippen molar-refractivity contribution in [3.05, 3.63) is 0 Å². The summed E-state index contributed by atoms with van der Waals surface area (Å²) in [6.07, 6.45) is 1.69. The normalized spacial score (nSPS) is 17.6. The van der Waals surface area contributed by atoms with Gasteiger partial charge >= 0.3 is 6.09 Å². The highest BCUT2D eigenvalue weighted by atomic mass is 32.2. The minimum absolute atomic E-state index is 0.171. The Labute approximate surface area is 113 Å². The van der Waals surface area contributed by atoms with E-state index in [4.69, 9.17) is 15.9 Å². The van der Waals surface area contributed by atoms with Crippen molar-refractivity contribution in [1.29, 1.82) is 5.41 Å². The molecule has 0 bridgehead atoms. The van der Waals surface area contributed by atoms with Crippen LogP contribution in [0.15, 0.2) is 0 Å². The average Bonchev–Trinajstić information content (AvgIpc) is 2.24. The molecule has 1 fully saturated rings. The molecule has 0 radical (unpaired) electrons. The summed E-state index contributed by atoms with van der Waals surface area (Å²) in [6, 6.07) is 0. The number of rotatable bonds is 2. The minimum Gasteiger partial charge on any atom is -0.444 e. The molecule has 0 saturated carbocycles. The number of amidine groups is 1. The van der Waals surface area contributed by atoms with Crippen LogP contribution in [0.4, 0.5) is 4.79 Å². The fraction of sp³-hybridized carbons (Fsp3) is 0.833. The van der Waals surface area contributed by atoms with Crippen LogP contribution < -0.4 is 5.73 Å². The molecule has 1 heterocycles. The van der Waals surface area contributed by atoms with Crippen molar-refractivity contribution in [2.75, 3.05) is 18.8 Å². The molecule has 1 aliphatic rings. The van der Waals surface area contributed by atoms with Crippen molar-refractivity contribution in [3.8, 4) is 0 Å². The van der Waals surface area contributed by atoms with Gasteiger partial charge in [0.05, 0.1) is 0 Å². The molecule has 0 spiro atoms. The van der Waals surface area contributed by atoms with Gasteiger partial charge in [0, 0.05) is 18.8 Å². The zero-order chi connectivity index (χ0) is 13.8. The molecule has 18 heavy (non-hydrogen) atoms. The number of thioether (sulfide) groups is 1. The highest BCUT2D eigenvalue weighted by molar-refractivity contribution is 8.13. The van der Waals surface area contributed by atoms with Crippen molar-refractivity contribution >= 4 is 23.0 Å². The van der Waals surface area contributed by atoms with E-state index in [9.17, 15) is 4.79 Å². The first-order valence-corrected chi connectivity index (χ1v) is 7.21. The van der Waals surface area contributed by atoms with E-state index in [1.807, 2.05) is 20.8 Å². The average molecular weight is 273 g/mol. The summed E-state index contributed by atoms with van der Waals surface area (Å²) in [5, 5.41) is 7.35. The number of carbonyl (C=O) groups is 1. The number of nitrogens with one attached hydrogen (secondary N) is 1. The zero-order valence-electron chi connectivity index (χ0n) is 11.4. The predicted molar refractivity (Wildman–Crippen MR) is 74.9 cm³/mol. The van der Waals surface area contributed by atoms with E-state index in [1.165, 1.54) is 11.8 Å². The molecule has 1 saturated heterocycles. The molecule has 0 aliphatic carbocycles. The number of piperidine rings is 1. The van der Waals surface area contributed by atoms with Gasteiger partial charge in [0.1, 0.15) is 5.60 Å². The van der Waals surface area contributed by atoms with E-state index in [0.29, 0.717) is 5.92 Å². The molecule has 0 atom stereocenters. The maximum absolute atomic E-state index is 11.8. The first-order valence-electron chi connectivity index (χ1n) is 6.22. The lowest BCUT2D eigenvalue weighted by Crippen LogP contribution is -2.42. The van der Waals surface area contributed by atoms with Gasteiger partial charge in [-0.15, -0.1) is 0 Å². The third-order valence-electron chi connectivity index (χ3n) is 2.74. The van der Waals surface area contributed by atoms with Gasteiger partial charge in [-0.05, 0) is 39.5 Å². The summed E-state index contributed by atoms with van der Waals surface area (Å²) in [4.78, 5) is 13.6. The van der Waals surface area contributed by atoms with E-state index < -0.39 is 5.60 Å². The number of nitrogens with zero attached hydrogens (tertiary/aromatic N) is 1. The molecule has 3 N–H and O–H groups in total. The monoisotopic (exact) mass is 273 g/mol. The smallest absolute Gasteiger partial charge is 0.410 e. The Morgan fingerprint density at radius 3 is 2.44 bits per heavy atom. The van der Waals surface area contributed by atoms with E-state index in [0.717, 1.165) is 31.7 Å². The highest BCUT2D eigenvalue weighted by Gasteiger charge is 2.26. The molecule has 0 aromatic heterocycles. The van der Waals surface area contributed by atoms with Gasteiger partial charge in [-0.2, -0.15) is 0 Å². The second-order valence-electron chi connectivity index (χ2n) is 5.59. The largest absolute Gasteiger partial charge is 0.444 e. The minimum atomic E-state index is -0.432. The topological polar surface area (TPSA) is 79.4 Å². The Balaban J connectivity index is 2.30. The van der Waals surface area contributed by atoms with Crippen LogP contribution in [-0.2, 0) is 4.74 Å². The number of carbonyl (C=O) groups excluding carboxylic acids is 1. The summed E-state index contributed by atoms with van der Waals surface area (Å²) in [5.74, 6) is 1.41. The maximum Gasteiger partial charge on any atom is 0.410 e. The third-order valence-corrected chi connectivity index (χ3v) is 3.69.